The standard InChI is InChI=1S/C17H24N2O3/c1-17(2)16(21)15(19-8-4-3-5-9-19)13-10-12(18-11-20)6-7-14(13)22-17/h6-7,10-11,15-16,21H,3-5,8-9H2,1-2H3,(H,18,20)/t15-,16+/m0/s1. The second kappa shape index (κ2) is 5.89. The van der Waals surface area contributed by atoms with Gasteiger partial charge in [-0.15, -0.1) is 0 Å². The maximum atomic E-state index is 10.9. The zero-order valence-electron chi connectivity index (χ0n) is 13.2. The lowest BCUT2D eigenvalue weighted by Gasteiger charge is -2.47. The number of piperidine rings is 1. The lowest BCUT2D eigenvalue weighted by atomic mass is 9.84. The van der Waals surface area contributed by atoms with E-state index >= 15 is 0 Å². The van der Waals surface area contributed by atoms with Gasteiger partial charge in [0.25, 0.3) is 0 Å². The third-order valence-corrected chi connectivity index (χ3v) is 4.72. The molecule has 0 saturated carbocycles. The van der Waals surface area contributed by atoms with Crippen LogP contribution in [0, 0.1) is 0 Å². The second-order valence-electron chi connectivity index (χ2n) is 6.71. The summed E-state index contributed by atoms with van der Waals surface area (Å²) in [5.41, 5.74) is 1.06. The Morgan fingerprint density at radius 2 is 2.05 bits per heavy atom. The largest absolute Gasteiger partial charge is 0.485 e. The first-order valence-electron chi connectivity index (χ1n) is 7.98. The maximum absolute atomic E-state index is 10.9. The Morgan fingerprint density at radius 1 is 1.32 bits per heavy atom. The van der Waals surface area contributed by atoms with E-state index in [1.165, 1.54) is 6.42 Å². The molecular formula is C17H24N2O3. The molecule has 3 rings (SSSR count). The molecule has 1 aromatic carbocycles. The Labute approximate surface area is 131 Å². The van der Waals surface area contributed by atoms with Crippen molar-refractivity contribution in [2.45, 2.75) is 50.9 Å². The third-order valence-electron chi connectivity index (χ3n) is 4.72. The fraction of sp³-hybridized carbons (Fsp3) is 0.588. The molecule has 0 spiro atoms. The molecule has 0 bridgehead atoms. The maximum Gasteiger partial charge on any atom is 0.211 e. The van der Waals surface area contributed by atoms with E-state index in [2.05, 4.69) is 10.2 Å². The van der Waals surface area contributed by atoms with E-state index in [-0.39, 0.29) is 6.04 Å². The molecule has 2 N–H and O–H groups in total. The van der Waals surface area contributed by atoms with Gasteiger partial charge < -0.3 is 15.2 Å². The normalized spacial score (nSPS) is 27.6. The number of anilines is 1. The van der Waals surface area contributed by atoms with Crippen LogP contribution in [0.25, 0.3) is 0 Å². The van der Waals surface area contributed by atoms with Crippen LogP contribution in [0.15, 0.2) is 18.2 Å². The molecule has 1 aromatic rings. The number of hydrogen-bond acceptors (Lipinski definition) is 4. The van der Waals surface area contributed by atoms with Crippen molar-refractivity contribution in [3.8, 4) is 5.75 Å². The van der Waals surface area contributed by atoms with Gasteiger partial charge in [-0.1, -0.05) is 6.42 Å². The molecule has 2 aliphatic heterocycles. The summed E-state index contributed by atoms with van der Waals surface area (Å²) in [5.74, 6) is 0.794. The summed E-state index contributed by atoms with van der Waals surface area (Å²) in [6, 6.07) is 5.54. The fourth-order valence-electron chi connectivity index (χ4n) is 3.52. The predicted octanol–water partition coefficient (Wildman–Crippen LogP) is 2.31. The van der Waals surface area contributed by atoms with Crippen molar-refractivity contribution in [2.24, 2.45) is 0 Å². The number of amides is 1. The lowest BCUT2D eigenvalue weighted by molar-refractivity contribution is -0.105. The van der Waals surface area contributed by atoms with Crippen molar-refractivity contribution in [3.63, 3.8) is 0 Å². The summed E-state index contributed by atoms with van der Waals surface area (Å²) < 4.78 is 5.99. The summed E-state index contributed by atoms with van der Waals surface area (Å²) in [4.78, 5) is 13.0. The van der Waals surface area contributed by atoms with E-state index in [0.717, 1.165) is 42.9 Å². The van der Waals surface area contributed by atoms with Gasteiger partial charge in [0.2, 0.25) is 6.41 Å². The van der Waals surface area contributed by atoms with Gasteiger partial charge in [0, 0.05) is 11.3 Å². The molecule has 5 nitrogen and oxygen atoms in total. The monoisotopic (exact) mass is 304 g/mol. The predicted molar refractivity (Wildman–Crippen MR) is 85.0 cm³/mol. The number of nitrogens with one attached hydrogen (secondary N) is 1. The molecule has 1 fully saturated rings. The minimum atomic E-state index is -0.630. The number of aliphatic hydroxyl groups is 1. The number of aliphatic hydroxyl groups excluding tert-OH is 1. The number of ether oxygens (including phenoxy) is 1. The number of carbonyl (C=O) groups excluding carboxylic acids is 1. The minimum absolute atomic E-state index is 0.0903. The zero-order valence-corrected chi connectivity index (χ0v) is 13.2. The van der Waals surface area contributed by atoms with Crippen molar-refractivity contribution < 1.29 is 14.6 Å². The molecule has 2 heterocycles. The highest BCUT2D eigenvalue weighted by Crippen LogP contribution is 2.44. The lowest BCUT2D eigenvalue weighted by Crippen LogP contribution is -2.54. The Hall–Kier alpha value is -1.59. The van der Waals surface area contributed by atoms with Gasteiger partial charge >= 0.3 is 0 Å². The van der Waals surface area contributed by atoms with Crippen molar-refractivity contribution in [1.29, 1.82) is 0 Å². The van der Waals surface area contributed by atoms with E-state index in [9.17, 15) is 9.90 Å². The van der Waals surface area contributed by atoms with E-state index < -0.39 is 11.7 Å². The van der Waals surface area contributed by atoms with Gasteiger partial charge in [-0.25, -0.2) is 0 Å². The van der Waals surface area contributed by atoms with Gasteiger partial charge in [0.1, 0.15) is 17.5 Å². The van der Waals surface area contributed by atoms with Gasteiger partial charge in [-0.05, 0) is 58.0 Å². The minimum Gasteiger partial charge on any atom is -0.485 e. The smallest absolute Gasteiger partial charge is 0.211 e. The highest BCUT2D eigenvalue weighted by Gasteiger charge is 2.45. The summed E-state index contributed by atoms with van der Waals surface area (Å²) in [5, 5.41) is 13.5. The van der Waals surface area contributed by atoms with Crippen LogP contribution in [0.5, 0.6) is 5.75 Å². The molecule has 2 atom stereocenters. The van der Waals surface area contributed by atoms with Gasteiger partial charge in [-0.2, -0.15) is 0 Å². The van der Waals surface area contributed by atoms with Gasteiger partial charge in [0.15, 0.2) is 0 Å². The summed E-state index contributed by atoms with van der Waals surface area (Å²) in [6.45, 7) is 5.83. The second-order valence-corrected chi connectivity index (χ2v) is 6.71. The Bertz CT molecular complexity index is 553. The Morgan fingerprint density at radius 3 is 2.73 bits per heavy atom. The zero-order chi connectivity index (χ0) is 15.7. The number of carbonyl (C=O) groups is 1. The number of hydrogen-bond donors (Lipinski definition) is 2. The highest BCUT2D eigenvalue weighted by molar-refractivity contribution is 5.72. The molecule has 1 amide bonds. The van der Waals surface area contributed by atoms with Crippen LogP contribution in [0.1, 0.15) is 44.7 Å². The first kappa shape index (κ1) is 15.3. The third kappa shape index (κ3) is 2.71. The quantitative estimate of drug-likeness (QED) is 0.841. The van der Waals surface area contributed by atoms with Crippen LogP contribution in [0.4, 0.5) is 5.69 Å². The molecule has 1 saturated heterocycles. The van der Waals surface area contributed by atoms with Crippen molar-refractivity contribution in [2.75, 3.05) is 18.4 Å². The summed E-state index contributed by atoms with van der Waals surface area (Å²) in [6.07, 6.45) is 3.63. The van der Waals surface area contributed by atoms with Gasteiger partial charge in [0.05, 0.1) is 6.04 Å². The molecule has 22 heavy (non-hydrogen) atoms. The van der Waals surface area contributed by atoms with E-state index in [0.29, 0.717) is 6.41 Å². The molecule has 120 valence electrons. The van der Waals surface area contributed by atoms with Crippen LogP contribution in [0.2, 0.25) is 0 Å². The van der Waals surface area contributed by atoms with Crippen LogP contribution in [-0.4, -0.2) is 41.2 Å². The topological polar surface area (TPSA) is 61.8 Å². The van der Waals surface area contributed by atoms with Crippen LogP contribution in [-0.2, 0) is 4.79 Å². The van der Waals surface area contributed by atoms with Gasteiger partial charge in [-0.3, -0.25) is 9.69 Å². The molecule has 2 aliphatic rings. The molecule has 0 aliphatic carbocycles. The molecule has 5 heteroatoms. The van der Waals surface area contributed by atoms with Crippen LogP contribution in [0.3, 0.4) is 0 Å². The van der Waals surface area contributed by atoms with Crippen molar-refractivity contribution in [3.05, 3.63) is 23.8 Å². The first-order chi connectivity index (χ1) is 10.5. The van der Waals surface area contributed by atoms with Crippen LogP contribution < -0.4 is 10.1 Å². The number of benzene rings is 1. The average molecular weight is 304 g/mol. The highest BCUT2D eigenvalue weighted by atomic mass is 16.5. The van der Waals surface area contributed by atoms with Crippen molar-refractivity contribution >= 4 is 12.1 Å². The van der Waals surface area contributed by atoms with Crippen molar-refractivity contribution in [1.82, 2.24) is 4.90 Å². The number of nitrogens with zero attached hydrogens (tertiary/aromatic N) is 1. The fourth-order valence-corrected chi connectivity index (χ4v) is 3.52. The average Bonchev–Trinajstić information content (AvgIpc) is 2.50. The Kier molecular flexibility index (Phi) is 4.10. The summed E-state index contributed by atoms with van der Waals surface area (Å²) in [7, 11) is 0. The molecule has 0 unspecified atom stereocenters. The first-order valence-corrected chi connectivity index (χ1v) is 7.98. The molecular weight excluding hydrogens is 280 g/mol. The number of fused-ring (bicyclic) bond motifs is 1. The SMILES string of the molecule is CC1(C)Oc2ccc(NC=O)cc2[C@H](N2CCCCC2)[C@H]1O. The number of likely N-dealkylation sites (tertiary alicyclic amines) is 1. The van der Waals surface area contributed by atoms with E-state index in [4.69, 9.17) is 4.74 Å². The molecule has 0 aromatic heterocycles. The van der Waals surface area contributed by atoms with Crippen LogP contribution >= 0.6 is 0 Å². The van der Waals surface area contributed by atoms with E-state index in [1.807, 2.05) is 32.0 Å². The number of rotatable bonds is 3. The van der Waals surface area contributed by atoms with E-state index in [1.54, 1.807) is 0 Å². The summed E-state index contributed by atoms with van der Waals surface area (Å²) >= 11 is 0. The molecule has 0 radical (unpaired) electrons. The Balaban J connectivity index is 2.02.